The number of aromatic nitrogens is 4. The molecule has 192 valence electrons. The van der Waals surface area contributed by atoms with E-state index in [2.05, 4.69) is 20.6 Å². The van der Waals surface area contributed by atoms with Crippen LogP contribution in [0.4, 0.5) is 26.4 Å². The number of rotatable bonds is 6. The first-order valence-electron chi connectivity index (χ1n) is 12.2. The van der Waals surface area contributed by atoms with Gasteiger partial charge in [-0.1, -0.05) is 11.6 Å². The Morgan fingerprint density at radius 3 is 2.61 bits per heavy atom. The van der Waals surface area contributed by atoms with Gasteiger partial charge in [-0.05, 0) is 57.4 Å². The first kappa shape index (κ1) is 24.6. The third-order valence-corrected chi connectivity index (χ3v) is 7.42. The summed E-state index contributed by atoms with van der Waals surface area (Å²) in [6.45, 7) is 0. The largest absolute Gasteiger partial charge is 0.393 e. The Morgan fingerprint density at radius 1 is 1.14 bits per heavy atom. The number of hydrogen-bond acceptors (Lipinski definition) is 7. The fourth-order valence-corrected chi connectivity index (χ4v) is 5.51. The lowest BCUT2D eigenvalue weighted by Crippen LogP contribution is -2.30. The molecule has 2 heterocycles. The van der Waals surface area contributed by atoms with Gasteiger partial charge in [-0.2, -0.15) is 4.98 Å². The number of primary amides is 1. The number of amides is 1. The fraction of sp³-hybridized carbons (Fsp3) is 0.500. The van der Waals surface area contributed by atoms with Crippen LogP contribution in [0.2, 0.25) is 5.02 Å². The van der Waals surface area contributed by atoms with Gasteiger partial charge < -0.3 is 21.5 Å². The lowest BCUT2D eigenvalue weighted by atomic mass is 9.85. The predicted octanol–water partition coefficient (Wildman–Crippen LogP) is 4.43. The third-order valence-electron chi connectivity index (χ3n) is 7.12. The smallest absolute Gasteiger partial charge is 0.224 e. The molecule has 2 fully saturated rings. The summed E-state index contributed by atoms with van der Waals surface area (Å²) < 4.78 is 30.1. The predicted molar refractivity (Wildman–Crippen MR) is 132 cm³/mol. The molecule has 2 aliphatic carbocycles. The summed E-state index contributed by atoms with van der Waals surface area (Å²) in [4.78, 5) is 25.4. The molecule has 0 radical (unpaired) electrons. The van der Waals surface area contributed by atoms with Crippen LogP contribution in [0.5, 0.6) is 0 Å². The topological polar surface area (TPSA) is 131 Å². The van der Waals surface area contributed by atoms with Gasteiger partial charge in [0.2, 0.25) is 17.8 Å². The van der Waals surface area contributed by atoms with Gasteiger partial charge in [0.1, 0.15) is 11.3 Å². The number of halogens is 3. The molecule has 12 heteroatoms. The van der Waals surface area contributed by atoms with E-state index in [9.17, 15) is 18.7 Å². The monoisotopic (exact) mass is 519 g/mol. The van der Waals surface area contributed by atoms with E-state index >= 15 is 0 Å². The maximum atomic E-state index is 14.6. The Morgan fingerprint density at radius 2 is 1.92 bits per heavy atom. The SMILES string of the molecule is NC(=O)C1CCC(n2c(Nc3c(F)cc(F)cc3Cl)nc3cnc(NC4CCC[C@@H](O)C4)nc32)CC1. The highest BCUT2D eigenvalue weighted by Gasteiger charge is 2.30. The van der Waals surface area contributed by atoms with Crippen molar-refractivity contribution in [2.45, 2.75) is 69.6 Å². The maximum absolute atomic E-state index is 14.6. The van der Waals surface area contributed by atoms with Crippen LogP contribution in [-0.4, -0.2) is 42.7 Å². The Bertz CT molecular complexity index is 1260. The van der Waals surface area contributed by atoms with E-state index in [1.54, 1.807) is 6.20 Å². The standard InChI is InChI=1S/C24H28ClF2N7O2/c25-17-8-13(26)9-18(27)20(17)32-24-31-19-11-29-23(30-14-2-1-3-16(35)10-14)33-22(19)34(24)15-6-4-12(5-7-15)21(28)36/h8-9,11-12,14-16,35H,1-7,10H2,(H2,28,36)(H,31,32)(H,29,30,33)/t12?,14?,15?,16-/m1/s1. The lowest BCUT2D eigenvalue weighted by molar-refractivity contribution is -0.122. The number of nitrogens with zero attached hydrogens (tertiary/aromatic N) is 4. The molecular formula is C24H28ClF2N7O2. The quantitative estimate of drug-likeness (QED) is 0.379. The maximum Gasteiger partial charge on any atom is 0.224 e. The van der Waals surface area contributed by atoms with E-state index in [4.69, 9.17) is 22.3 Å². The number of hydrogen-bond donors (Lipinski definition) is 4. The van der Waals surface area contributed by atoms with Crippen LogP contribution in [0, 0.1) is 17.6 Å². The molecule has 36 heavy (non-hydrogen) atoms. The molecule has 0 saturated heterocycles. The highest BCUT2D eigenvalue weighted by Crippen LogP contribution is 2.38. The fourth-order valence-electron chi connectivity index (χ4n) is 5.26. The summed E-state index contributed by atoms with van der Waals surface area (Å²) in [6, 6.07) is 1.74. The van der Waals surface area contributed by atoms with Gasteiger partial charge in [-0.25, -0.2) is 18.7 Å². The van der Waals surface area contributed by atoms with Crippen LogP contribution >= 0.6 is 11.6 Å². The summed E-state index contributed by atoms with van der Waals surface area (Å²) >= 11 is 6.13. The summed E-state index contributed by atoms with van der Waals surface area (Å²) in [5.74, 6) is -1.44. The van der Waals surface area contributed by atoms with E-state index in [0.717, 1.165) is 31.4 Å². The summed E-state index contributed by atoms with van der Waals surface area (Å²) in [5, 5.41) is 16.1. The zero-order chi connectivity index (χ0) is 25.4. The highest BCUT2D eigenvalue weighted by molar-refractivity contribution is 6.33. The van der Waals surface area contributed by atoms with Gasteiger partial charge in [0.05, 0.1) is 23.0 Å². The second kappa shape index (κ2) is 10.1. The normalized spacial score (nSPS) is 24.6. The molecule has 3 aromatic rings. The molecule has 1 amide bonds. The highest BCUT2D eigenvalue weighted by atomic mass is 35.5. The van der Waals surface area contributed by atoms with Crippen molar-refractivity contribution in [3.8, 4) is 0 Å². The Balaban J connectivity index is 1.51. The number of nitrogens with one attached hydrogen (secondary N) is 2. The molecule has 9 nitrogen and oxygen atoms in total. The molecule has 1 aromatic carbocycles. The first-order chi connectivity index (χ1) is 17.3. The van der Waals surface area contributed by atoms with Gasteiger partial charge in [0, 0.05) is 24.1 Å². The molecule has 5 N–H and O–H groups in total. The van der Waals surface area contributed by atoms with E-state index in [0.29, 0.717) is 55.2 Å². The molecule has 2 atom stereocenters. The number of carbonyl (C=O) groups is 1. The molecule has 2 saturated carbocycles. The van der Waals surface area contributed by atoms with Crippen LogP contribution < -0.4 is 16.4 Å². The van der Waals surface area contributed by atoms with Crippen molar-refractivity contribution in [2.75, 3.05) is 10.6 Å². The molecular weight excluding hydrogens is 492 g/mol. The van der Waals surface area contributed by atoms with E-state index in [1.165, 1.54) is 0 Å². The van der Waals surface area contributed by atoms with E-state index in [1.807, 2.05) is 4.57 Å². The summed E-state index contributed by atoms with van der Waals surface area (Å²) in [7, 11) is 0. The van der Waals surface area contributed by atoms with Crippen molar-refractivity contribution >= 4 is 46.3 Å². The number of carbonyl (C=O) groups excluding carboxylic acids is 1. The van der Waals surface area contributed by atoms with Crippen molar-refractivity contribution in [3.63, 3.8) is 0 Å². The number of nitrogens with two attached hydrogens (primary N) is 1. The molecule has 0 aliphatic heterocycles. The van der Waals surface area contributed by atoms with E-state index < -0.39 is 11.6 Å². The summed E-state index contributed by atoms with van der Waals surface area (Å²) in [5.41, 5.74) is 6.44. The zero-order valence-corrected chi connectivity index (χ0v) is 20.3. The van der Waals surface area contributed by atoms with Gasteiger partial charge >= 0.3 is 0 Å². The third kappa shape index (κ3) is 5.08. The van der Waals surface area contributed by atoms with Crippen LogP contribution in [0.25, 0.3) is 11.2 Å². The minimum absolute atomic E-state index is 0.0540. The average molecular weight is 520 g/mol. The van der Waals surface area contributed by atoms with Gasteiger partial charge in [0.25, 0.3) is 0 Å². The number of aliphatic hydroxyl groups excluding tert-OH is 1. The summed E-state index contributed by atoms with van der Waals surface area (Å²) in [6.07, 6.45) is 6.99. The molecule has 2 aliphatic rings. The number of benzene rings is 1. The second-order valence-electron chi connectivity index (χ2n) is 9.65. The van der Waals surface area contributed by atoms with Gasteiger partial charge in [-0.3, -0.25) is 9.36 Å². The number of imidazole rings is 1. The van der Waals surface area contributed by atoms with E-state index in [-0.39, 0.29) is 40.7 Å². The minimum Gasteiger partial charge on any atom is -0.393 e. The Hall–Kier alpha value is -3.05. The van der Waals surface area contributed by atoms with Crippen molar-refractivity contribution in [2.24, 2.45) is 11.7 Å². The van der Waals surface area contributed by atoms with Crippen LogP contribution in [0.3, 0.4) is 0 Å². The molecule has 2 aromatic heterocycles. The Kier molecular flexibility index (Phi) is 6.94. The molecule has 0 bridgehead atoms. The van der Waals surface area contributed by atoms with Crippen molar-refractivity contribution < 1.29 is 18.7 Å². The number of fused-ring (bicyclic) bond motifs is 1. The minimum atomic E-state index is -0.847. The van der Waals surface area contributed by atoms with Gasteiger partial charge in [-0.15, -0.1) is 0 Å². The van der Waals surface area contributed by atoms with Crippen LogP contribution in [0.1, 0.15) is 57.4 Å². The number of aliphatic hydroxyl groups is 1. The zero-order valence-electron chi connectivity index (χ0n) is 19.6. The van der Waals surface area contributed by atoms with Gasteiger partial charge in [0.15, 0.2) is 11.5 Å². The Labute approximate surface area is 211 Å². The number of anilines is 3. The average Bonchev–Trinajstić information content (AvgIpc) is 3.18. The van der Waals surface area contributed by atoms with Crippen molar-refractivity contribution in [3.05, 3.63) is 35.0 Å². The van der Waals surface area contributed by atoms with Crippen molar-refractivity contribution in [1.29, 1.82) is 0 Å². The second-order valence-corrected chi connectivity index (χ2v) is 10.1. The van der Waals surface area contributed by atoms with Crippen LogP contribution in [0.15, 0.2) is 18.3 Å². The molecule has 0 spiro atoms. The van der Waals surface area contributed by atoms with Crippen LogP contribution in [-0.2, 0) is 4.79 Å². The molecule has 1 unspecified atom stereocenters. The lowest BCUT2D eigenvalue weighted by Gasteiger charge is -2.29. The molecule has 5 rings (SSSR count). The van der Waals surface area contributed by atoms with Crippen molar-refractivity contribution in [1.82, 2.24) is 19.5 Å². The first-order valence-corrected chi connectivity index (χ1v) is 12.6.